The molecule has 0 aliphatic carbocycles. The number of carbonyl (C=O) groups excluding carboxylic acids is 1. The van der Waals surface area contributed by atoms with Crippen molar-refractivity contribution in [1.82, 2.24) is 15.2 Å². The molecule has 1 fully saturated rings. The van der Waals surface area contributed by atoms with Gasteiger partial charge in [-0.15, -0.1) is 0 Å². The van der Waals surface area contributed by atoms with Crippen LogP contribution in [0.25, 0.3) is 11.1 Å². The Morgan fingerprint density at radius 3 is 2.55 bits per heavy atom. The van der Waals surface area contributed by atoms with Gasteiger partial charge >= 0.3 is 0 Å². The number of likely N-dealkylation sites (tertiary alicyclic amines) is 1. The summed E-state index contributed by atoms with van der Waals surface area (Å²) in [4.78, 5) is 20.0. The lowest BCUT2D eigenvalue weighted by molar-refractivity contribution is -0.128. The number of hydrogen-bond acceptors (Lipinski definition) is 4. The van der Waals surface area contributed by atoms with Crippen LogP contribution in [0.15, 0.2) is 72.9 Å². The number of nitrogens with one attached hydrogen (secondary N) is 1. The van der Waals surface area contributed by atoms with Crippen LogP contribution in [0, 0.1) is 0 Å². The van der Waals surface area contributed by atoms with E-state index in [0.717, 1.165) is 48.5 Å². The minimum atomic E-state index is -0.631. The second-order valence-electron chi connectivity index (χ2n) is 8.05. The largest absolute Gasteiger partial charge is 0.496 e. The molecule has 3 aromatic rings. The van der Waals surface area contributed by atoms with Crippen LogP contribution < -0.4 is 10.1 Å². The third kappa shape index (κ3) is 4.19. The molecule has 1 aromatic heterocycles. The second kappa shape index (κ2) is 9.31. The predicted molar refractivity (Wildman–Crippen MR) is 123 cm³/mol. The summed E-state index contributed by atoms with van der Waals surface area (Å²) in [6.07, 6.45) is 3.52. The number of benzene rings is 2. The van der Waals surface area contributed by atoms with Crippen LogP contribution in [0.4, 0.5) is 0 Å². The van der Waals surface area contributed by atoms with E-state index in [0.29, 0.717) is 6.54 Å². The number of methoxy groups -OCH3 is 1. The van der Waals surface area contributed by atoms with Crippen LogP contribution in [0.1, 0.15) is 24.1 Å². The average Bonchev–Trinajstić information content (AvgIpc) is 2.84. The molecule has 31 heavy (non-hydrogen) atoms. The lowest BCUT2D eigenvalue weighted by atomic mass is 9.75. The maximum absolute atomic E-state index is 13.1. The maximum atomic E-state index is 13.1. The molecule has 2 heterocycles. The number of hydrogen-bond donors (Lipinski definition) is 1. The minimum Gasteiger partial charge on any atom is -0.496 e. The number of amides is 1. The van der Waals surface area contributed by atoms with E-state index in [1.165, 1.54) is 5.56 Å². The molecular formula is C26H29N3O2. The third-order valence-electron chi connectivity index (χ3n) is 6.20. The van der Waals surface area contributed by atoms with Crippen molar-refractivity contribution in [2.45, 2.75) is 24.8 Å². The Morgan fingerprint density at radius 1 is 1.06 bits per heavy atom. The first-order chi connectivity index (χ1) is 15.2. The van der Waals surface area contributed by atoms with Gasteiger partial charge in [-0.25, -0.2) is 0 Å². The zero-order chi connectivity index (χ0) is 21.7. The molecule has 0 radical (unpaired) electrons. The summed E-state index contributed by atoms with van der Waals surface area (Å²) in [6, 6.07) is 22.4. The molecule has 1 aliphatic heterocycles. The van der Waals surface area contributed by atoms with Crippen molar-refractivity contribution >= 4 is 5.91 Å². The maximum Gasteiger partial charge on any atom is 0.233 e. The van der Waals surface area contributed by atoms with Crippen molar-refractivity contribution in [1.29, 1.82) is 0 Å². The van der Waals surface area contributed by atoms with Crippen molar-refractivity contribution in [2.75, 3.05) is 27.2 Å². The zero-order valence-electron chi connectivity index (χ0n) is 18.2. The van der Waals surface area contributed by atoms with Gasteiger partial charge in [0, 0.05) is 31.9 Å². The molecule has 1 atom stereocenters. The van der Waals surface area contributed by atoms with Crippen LogP contribution >= 0.6 is 0 Å². The lowest BCUT2D eigenvalue weighted by Crippen LogP contribution is -2.54. The second-order valence-corrected chi connectivity index (χ2v) is 8.05. The molecule has 0 bridgehead atoms. The van der Waals surface area contributed by atoms with Gasteiger partial charge in [0.25, 0.3) is 0 Å². The van der Waals surface area contributed by atoms with Gasteiger partial charge in [-0.2, -0.15) is 0 Å². The van der Waals surface area contributed by atoms with Gasteiger partial charge in [0.2, 0.25) is 5.91 Å². The first kappa shape index (κ1) is 21.1. The van der Waals surface area contributed by atoms with Gasteiger partial charge < -0.3 is 10.1 Å². The van der Waals surface area contributed by atoms with E-state index in [9.17, 15) is 4.79 Å². The molecule has 160 valence electrons. The van der Waals surface area contributed by atoms with E-state index >= 15 is 0 Å². The highest BCUT2D eigenvalue weighted by Gasteiger charge is 2.44. The van der Waals surface area contributed by atoms with Crippen LogP contribution in [-0.4, -0.2) is 43.0 Å². The fourth-order valence-electron chi connectivity index (χ4n) is 4.70. The number of pyridine rings is 1. The molecule has 1 amide bonds. The number of likely N-dealkylation sites (N-methyl/N-ethyl adjacent to an activating group) is 1. The fraction of sp³-hybridized carbons (Fsp3) is 0.308. The van der Waals surface area contributed by atoms with Crippen LogP contribution in [-0.2, 0) is 16.8 Å². The van der Waals surface area contributed by atoms with E-state index in [4.69, 9.17) is 4.74 Å². The first-order valence-electron chi connectivity index (χ1n) is 10.8. The van der Waals surface area contributed by atoms with Gasteiger partial charge in [0.05, 0.1) is 12.8 Å². The number of piperidine rings is 1. The third-order valence-corrected chi connectivity index (χ3v) is 6.20. The standard InChI is InChI=1S/C26H29N3O2/c1-27-25(30)26(24-14-7-8-16-28-24)15-9-17-29(19-26)18-20-10-3-4-11-21(20)22-12-5-6-13-23(22)31-2/h3-8,10-14,16H,9,15,17-19H2,1-2H3,(H,27,30)/t26-/m1/s1. The molecule has 5 nitrogen and oxygen atoms in total. The molecule has 0 saturated carbocycles. The molecule has 4 rings (SSSR count). The number of para-hydroxylation sites is 1. The molecule has 2 aromatic carbocycles. The molecule has 5 heteroatoms. The van der Waals surface area contributed by atoms with Crippen LogP contribution in [0.2, 0.25) is 0 Å². The molecule has 1 N–H and O–H groups in total. The number of nitrogens with zero attached hydrogens (tertiary/aromatic N) is 2. The van der Waals surface area contributed by atoms with Gasteiger partial charge in [-0.1, -0.05) is 48.5 Å². The van der Waals surface area contributed by atoms with Gasteiger partial charge in [-0.05, 0) is 48.7 Å². The summed E-state index contributed by atoms with van der Waals surface area (Å²) in [5.41, 5.74) is 3.68. The van der Waals surface area contributed by atoms with Crippen molar-refractivity contribution in [3.63, 3.8) is 0 Å². The summed E-state index contributed by atoms with van der Waals surface area (Å²) in [5, 5.41) is 2.89. The van der Waals surface area contributed by atoms with Crippen molar-refractivity contribution in [3.8, 4) is 16.9 Å². The Bertz CT molecular complexity index is 1040. The van der Waals surface area contributed by atoms with E-state index in [-0.39, 0.29) is 5.91 Å². The number of aromatic nitrogens is 1. The lowest BCUT2D eigenvalue weighted by Gasteiger charge is -2.41. The Balaban J connectivity index is 1.66. The Labute approximate surface area is 184 Å². The monoisotopic (exact) mass is 415 g/mol. The fourth-order valence-corrected chi connectivity index (χ4v) is 4.70. The molecule has 1 aliphatic rings. The summed E-state index contributed by atoms with van der Waals surface area (Å²) in [6.45, 7) is 2.36. The van der Waals surface area contributed by atoms with Crippen LogP contribution in [0.5, 0.6) is 5.75 Å². The predicted octanol–water partition coefficient (Wildman–Crippen LogP) is 4.04. The number of rotatable bonds is 6. The van der Waals surface area contributed by atoms with Gasteiger partial charge in [-0.3, -0.25) is 14.7 Å². The summed E-state index contributed by atoms with van der Waals surface area (Å²) >= 11 is 0. The summed E-state index contributed by atoms with van der Waals surface area (Å²) < 4.78 is 5.61. The normalized spacial score (nSPS) is 19.0. The van der Waals surface area contributed by atoms with E-state index in [1.807, 2.05) is 36.4 Å². The van der Waals surface area contributed by atoms with Gasteiger partial charge in [0.15, 0.2) is 0 Å². The van der Waals surface area contributed by atoms with Crippen molar-refractivity contribution in [2.24, 2.45) is 0 Å². The molecule has 1 saturated heterocycles. The zero-order valence-corrected chi connectivity index (χ0v) is 18.2. The number of ether oxygens (including phenoxy) is 1. The molecular weight excluding hydrogens is 386 g/mol. The molecule has 0 unspecified atom stereocenters. The van der Waals surface area contributed by atoms with Crippen LogP contribution in [0.3, 0.4) is 0 Å². The minimum absolute atomic E-state index is 0.0360. The van der Waals surface area contributed by atoms with E-state index < -0.39 is 5.41 Å². The smallest absolute Gasteiger partial charge is 0.233 e. The molecule has 0 spiro atoms. The number of carbonyl (C=O) groups is 1. The quantitative estimate of drug-likeness (QED) is 0.660. The SMILES string of the molecule is CNC(=O)[C@]1(c2ccccn2)CCCN(Cc2ccccc2-c2ccccc2OC)C1. The highest BCUT2D eigenvalue weighted by atomic mass is 16.5. The Kier molecular flexibility index (Phi) is 6.33. The van der Waals surface area contributed by atoms with Gasteiger partial charge in [0.1, 0.15) is 11.2 Å². The topological polar surface area (TPSA) is 54.5 Å². The summed E-state index contributed by atoms with van der Waals surface area (Å²) in [7, 11) is 3.42. The highest BCUT2D eigenvalue weighted by molar-refractivity contribution is 5.88. The summed E-state index contributed by atoms with van der Waals surface area (Å²) in [5.74, 6) is 0.899. The Hall–Kier alpha value is -3.18. The van der Waals surface area contributed by atoms with Crippen molar-refractivity contribution in [3.05, 3.63) is 84.2 Å². The Morgan fingerprint density at radius 2 is 1.81 bits per heavy atom. The van der Waals surface area contributed by atoms with E-state index in [2.05, 4.69) is 45.5 Å². The first-order valence-corrected chi connectivity index (χ1v) is 10.8. The highest BCUT2D eigenvalue weighted by Crippen LogP contribution is 2.36. The van der Waals surface area contributed by atoms with E-state index in [1.54, 1.807) is 20.4 Å². The van der Waals surface area contributed by atoms with Crippen molar-refractivity contribution < 1.29 is 9.53 Å². The average molecular weight is 416 g/mol.